The van der Waals surface area contributed by atoms with E-state index >= 15 is 0 Å². The van der Waals surface area contributed by atoms with E-state index in [9.17, 15) is 0 Å². The Hall–Kier alpha value is 0.610. The third kappa shape index (κ3) is 1.92. The monoisotopic (exact) mass is 283 g/mol. The second-order valence-corrected chi connectivity index (χ2v) is 6.25. The summed E-state index contributed by atoms with van der Waals surface area (Å²) in [6.07, 6.45) is 2.51. The van der Waals surface area contributed by atoms with Crippen molar-refractivity contribution in [2.75, 3.05) is 24.2 Å². The van der Waals surface area contributed by atoms with E-state index in [2.05, 4.69) is 8.43 Å². The number of halogens is 1. The molecule has 0 spiro atoms. The summed E-state index contributed by atoms with van der Waals surface area (Å²) in [4.78, 5) is 0. The van der Waals surface area contributed by atoms with Crippen molar-refractivity contribution in [3.05, 3.63) is 0 Å². The molecular formula is C8H16IN2O-. The molecule has 0 aromatic carbocycles. The number of hydrogen-bond donors (Lipinski definition) is 2. The molecular weight excluding hydrogens is 267 g/mol. The van der Waals surface area contributed by atoms with E-state index in [-0.39, 0.29) is 21.5 Å². The fourth-order valence-electron chi connectivity index (χ4n) is 1.89. The van der Waals surface area contributed by atoms with Crippen molar-refractivity contribution < 1.29 is 26.6 Å². The zero-order chi connectivity index (χ0) is 8.39. The predicted octanol–water partition coefficient (Wildman–Crippen LogP) is -3.38. The van der Waals surface area contributed by atoms with Gasteiger partial charge in [0.15, 0.2) is 0 Å². The van der Waals surface area contributed by atoms with E-state index in [0.29, 0.717) is 12.5 Å². The second kappa shape index (κ2) is 4.21. The molecule has 3 nitrogen and oxygen atoms in total. The Labute approximate surface area is 84.1 Å². The van der Waals surface area contributed by atoms with Crippen LogP contribution in [0.4, 0.5) is 0 Å². The quantitative estimate of drug-likeness (QED) is 0.228. The molecule has 2 aliphatic rings. The molecule has 2 N–H and O–H groups in total. The molecule has 2 saturated heterocycles. The van der Waals surface area contributed by atoms with Crippen molar-refractivity contribution in [3.8, 4) is 0 Å². The first-order chi connectivity index (χ1) is 5.90. The van der Waals surface area contributed by atoms with Gasteiger partial charge in [-0.3, -0.25) is 0 Å². The van der Waals surface area contributed by atoms with Crippen LogP contribution in [-0.4, -0.2) is 38.5 Å². The standard InChI is InChI=1S/C8H16IN2O/c12-5-7-1-2-8-3-10-6-9-11(8)4-7/h7-8,10,12H,1-6H2/q-1/t7?,8-/m1/s1. The van der Waals surface area contributed by atoms with Crippen molar-refractivity contribution in [3.63, 3.8) is 0 Å². The molecule has 1 unspecified atom stereocenters. The molecule has 2 fully saturated rings. The second-order valence-electron chi connectivity index (χ2n) is 3.57. The van der Waals surface area contributed by atoms with Gasteiger partial charge < -0.3 is 0 Å². The van der Waals surface area contributed by atoms with Gasteiger partial charge in [0.25, 0.3) is 0 Å². The molecule has 72 valence electrons. The number of alkyl halides is 1. The van der Waals surface area contributed by atoms with Gasteiger partial charge >= 0.3 is 84.1 Å². The molecule has 2 atom stereocenters. The zero-order valence-electron chi connectivity index (χ0n) is 7.17. The number of fused-ring (bicyclic) bond motifs is 1. The van der Waals surface area contributed by atoms with Gasteiger partial charge in [0.1, 0.15) is 0 Å². The summed E-state index contributed by atoms with van der Waals surface area (Å²) in [7, 11) is 0. The molecule has 12 heavy (non-hydrogen) atoms. The fraction of sp³-hybridized carbons (Fsp3) is 1.00. The molecule has 0 saturated carbocycles. The Morgan fingerprint density at radius 3 is 3.25 bits per heavy atom. The molecule has 4 heteroatoms. The van der Waals surface area contributed by atoms with Crippen LogP contribution >= 0.6 is 0 Å². The van der Waals surface area contributed by atoms with E-state index in [1.54, 1.807) is 0 Å². The van der Waals surface area contributed by atoms with Gasteiger partial charge in [-0.2, -0.15) is 0 Å². The van der Waals surface area contributed by atoms with Crippen LogP contribution in [0, 0.1) is 5.92 Å². The van der Waals surface area contributed by atoms with Crippen LogP contribution in [0.3, 0.4) is 0 Å². The Morgan fingerprint density at radius 1 is 1.50 bits per heavy atom. The molecule has 0 aliphatic carbocycles. The SMILES string of the molecule is OCC1CC[C@@H]2CNC[I-]N2C1. The minimum absolute atomic E-state index is 0.231. The molecule has 0 radical (unpaired) electrons. The molecule has 2 aliphatic heterocycles. The van der Waals surface area contributed by atoms with Gasteiger partial charge in [0.2, 0.25) is 0 Å². The Balaban J connectivity index is 1.90. The molecule has 0 bridgehead atoms. The predicted molar refractivity (Wildman–Crippen MR) is 43.2 cm³/mol. The number of piperidine rings is 1. The first-order valence-corrected chi connectivity index (χ1v) is 7.07. The van der Waals surface area contributed by atoms with Crippen LogP contribution in [-0.2, 0) is 0 Å². The maximum absolute atomic E-state index is 9.05. The first-order valence-electron chi connectivity index (χ1n) is 4.58. The number of rotatable bonds is 1. The molecule has 0 aromatic heterocycles. The maximum atomic E-state index is 9.05. The van der Waals surface area contributed by atoms with E-state index in [1.807, 2.05) is 0 Å². The van der Waals surface area contributed by atoms with E-state index in [4.69, 9.17) is 5.11 Å². The van der Waals surface area contributed by atoms with Crippen molar-refractivity contribution in [1.82, 2.24) is 8.43 Å². The van der Waals surface area contributed by atoms with Crippen LogP contribution in [0.25, 0.3) is 0 Å². The van der Waals surface area contributed by atoms with Crippen molar-refractivity contribution in [2.24, 2.45) is 5.92 Å². The first kappa shape index (κ1) is 9.18. The van der Waals surface area contributed by atoms with Crippen molar-refractivity contribution >= 4 is 0 Å². The van der Waals surface area contributed by atoms with Gasteiger partial charge in [-0.25, -0.2) is 0 Å². The van der Waals surface area contributed by atoms with Crippen molar-refractivity contribution in [2.45, 2.75) is 18.9 Å². The Morgan fingerprint density at radius 2 is 2.42 bits per heavy atom. The van der Waals surface area contributed by atoms with Crippen molar-refractivity contribution in [1.29, 1.82) is 0 Å². The normalized spacial score (nSPS) is 38.4. The third-order valence-corrected chi connectivity index (χ3v) is 5.62. The summed E-state index contributed by atoms with van der Waals surface area (Å²) >= 11 is 0.231. The summed E-state index contributed by atoms with van der Waals surface area (Å²) in [6.45, 7) is 2.73. The molecule has 2 heterocycles. The van der Waals surface area contributed by atoms with E-state index in [0.717, 1.165) is 12.6 Å². The van der Waals surface area contributed by atoms with Crippen LogP contribution in [0.5, 0.6) is 0 Å². The molecule has 2 rings (SSSR count). The number of aliphatic hydroxyl groups is 1. The third-order valence-electron chi connectivity index (χ3n) is 2.68. The topological polar surface area (TPSA) is 35.5 Å². The van der Waals surface area contributed by atoms with Gasteiger partial charge in [0.05, 0.1) is 0 Å². The summed E-state index contributed by atoms with van der Waals surface area (Å²) in [6, 6.07) is 0.800. The fourth-order valence-corrected chi connectivity index (χ4v) is 4.75. The van der Waals surface area contributed by atoms with Gasteiger partial charge in [-0.1, -0.05) is 0 Å². The summed E-state index contributed by atoms with van der Waals surface area (Å²) in [5, 5.41) is 12.5. The Bertz CT molecular complexity index is 156. The van der Waals surface area contributed by atoms with Crippen LogP contribution in [0.15, 0.2) is 0 Å². The van der Waals surface area contributed by atoms with Gasteiger partial charge in [-0.15, -0.1) is 0 Å². The summed E-state index contributed by atoms with van der Waals surface area (Å²) < 4.78 is 3.87. The minimum atomic E-state index is 0.231. The van der Waals surface area contributed by atoms with E-state index < -0.39 is 0 Å². The van der Waals surface area contributed by atoms with Crippen LogP contribution in [0.1, 0.15) is 12.8 Å². The van der Waals surface area contributed by atoms with Crippen LogP contribution < -0.4 is 26.8 Å². The summed E-state index contributed by atoms with van der Waals surface area (Å²) in [5.41, 5.74) is 0. The van der Waals surface area contributed by atoms with Gasteiger partial charge in [0, 0.05) is 0 Å². The van der Waals surface area contributed by atoms with Gasteiger partial charge in [-0.05, 0) is 0 Å². The van der Waals surface area contributed by atoms with E-state index in [1.165, 1.54) is 23.9 Å². The molecule has 0 amide bonds. The average molecular weight is 283 g/mol. The number of hydrogen-bond acceptors (Lipinski definition) is 3. The molecule has 0 aromatic rings. The zero-order valence-corrected chi connectivity index (χ0v) is 9.33. The number of nitrogens with zero attached hydrogens (tertiary/aromatic N) is 1. The van der Waals surface area contributed by atoms with Crippen LogP contribution in [0.2, 0.25) is 0 Å². The number of nitrogens with one attached hydrogen (secondary N) is 1. The summed E-state index contributed by atoms with van der Waals surface area (Å²) in [5.74, 6) is 0.569. The average Bonchev–Trinajstić information content (AvgIpc) is 2.17. The number of aliphatic hydroxyl groups excluding tert-OH is 1. The Kier molecular flexibility index (Phi) is 3.22.